The molecule has 102 valence electrons. The highest BCUT2D eigenvalue weighted by Crippen LogP contribution is 2.11. The maximum Gasteiger partial charge on any atom is 0.245 e. The van der Waals surface area contributed by atoms with Gasteiger partial charge in [0.05, 0.1) is 13.2 Å². The molecule has 0 aromatic heterocycles. The van der Waals surface area contributed by atoms with E-state index in [4.69, 9.17) is 4.74 Å². The third kappa shape index (κ3) is 3.57. The second kappa shape index (κ2) is 6.54. The molecule has 0 bridgehead atoms. The van der Waals surface area contributed by atoms with Crippen molar-refractivity contribution < 1.29 is 14.3 Å². The molecule has 1 heterocycles. The van der Waals surface area contributed by atoms with Crippen LogP contribution in [0.15, 0.2) is 12.2 Å². The Labute approximate surface area is 108 Å². The molecule has 2 amide bonds. The summed E-state index contributed by atoms with van der Waals surface area (Å²) in [5, 5.41) is 2.72. The zero-order valence-corrected chi connectivity index (χ0v) is 11.4. The molecule has 0 spiro atoms. The number of nitrogens with one attached hydrogen (secondary N) is 1. The Morgan fingerprint density at radius 2 is 2.17 bits per heavy atom. The van der Waals surface area contributed by atoms with Crippen LogP contribution in [0, 0.1) is 0 Å². The van der Waals surface area contributed by atoms with Crippen molar-refractivity contribution in [1.82, 2.24) is 10.2 Å². The highest BCUT2D eigenvalue weighted by atomic mass is 16.5. The van der Waals surface area contributed by atoms with E-state index in [1.807, 2.05) is 13.8 Å². The van der Waals surface area contributed by atoms with Crippen molar-refractivity contribution >= 4 is 11.8 Å². The smallest absolute Gasteiger partial charge is 0.245 e. The van der Waals surface area contributed by atoms with Gasteiger partial charge in [-0.2, -0.15) is 0 Å². The Hall–Kier alpha value is -1.36. The van der Waals surface area contributed by atoms with Gasteiger partial charge in [0.25, 0.3) is 0 Å². The first-order chi connectivity index (χ1) is 8.47. The monoisotopic (exact) mass is 254 g/mol. The van der Waals surface area contributed by atoms with Gasteiger partial charge in [-0.05, 0) is 20.3 Å². The molecule has 1 saturated heterocycles. The first-order valence-electron chi connectivity index (χ1n) is 6.30. The normalized spacial score (nSPS) is 24.1. The lowest BCUT2D eigenvalue weighted by molar-refractivity contribution is -0.149. The van der Waals surface area contributed by atoms with Gasteiger partial charge in [-0.3, -0.25) is 9.59 Å². The molecule has 0 saturated carbocycles. The van der Waals surface area contributed by atoms with Gasteiger partial charge in [0, 0.05) is 6.54 Å². The maximum absolute atomic E-state index is 12.1. The Kier molecular flexibility index (Phi) is 5.34. The van der Waals surface area contributed by atoms with Gasteiger partial charge in [-0.25, -0.2) is 0 Å². The quantitative estimate of drug-likeness (QED) is 0.561. The van der Waals surface area contributed by atoms with Crippen molar-refractivity contribution in [3.63, 3.8) is 0 Å². The predicted molar refractivity (Wildman–Crippen MR) is 69.0 cm³/mol. The van der Waals surface area contributed by atoms with Crippen LogP contribution in [0.2, 0.25) is 0 Å². The minimum absolute atomic E-state index is 0.0245. The van der Waals surface area contributed by atoms with E-state index in [1.165, 1.54) is 0 Å². The molecule has 0 radical (unpaired) electrons. The lowest BCUT2D eigenvalue weighted by atomic mass is 10.1. The molecule has 0 aromatic rings. The maximum atomic E-state index is 12.1. The number of carbonyl (C=O) groups excluding carboxylic acids is 2. The van der Waals surface area contributed by atoms with Crippen LogP contribution in [0.5, 0.6) is 0 Å². The molecule has 0 aliphatic carbocycles. The molecule has 1 aliphatic rings. The van der Waals surface area contributed by atoms with E-state index >= 15 is 0 Å². The number of hydrogen-bond donors (Lipinski definition) is 1. The molecular weight excluding hydrogens is 232 g/mol. The van der Waals surface area contributed by atoms with Crippen LogP contribution >= 0.6 is 0 Å². The van der Waals surface area contributed by atoms with Gasteiger partial charge in [-0.1, -0.05) is 19.1 Å². The van der Waals surface area contributed by atoms with Gasteiger partial charge in [-0.15, -0.1) is 0 Å². The molecule has 1 aliphatic heterocycles. The summed E-state index contributed by atoms with van der Waals surface area (Å²) in [6, 6.07) is -0.816. The van der Waals surface area contributed by atoms with Gasteiger partial charge in [0.1, 0.15) is 12.1 Å². The van der Waals surface area contributed by atoms with Gasteiger partial charge < -0.3 is 15.0 Å². The van der Waals surface area contributed by atoms with Crippen LogP contribution < -0.4 is 5.32 Å². The number of nitrogens with zero attached hydrogens (tertiary/aromatic N) is 1. The number of ether oxygens (including phenoxy) is 1. The number of amides is 2. The lowest BCUT2D eigenvalue weighted by Gasteiger charge is -2.37. The highest BCUT2D eigenvalue weighted by molar-refractivity contribution is 5.96. The molecule has 0 aromatic carbocycles. The summed E-state index contributed by atoms with van der Waals surface area (Å²) in [6.07, 6.45) is 0.612. The van der Waals surface area contributed by atoms with Crippen LogP contribution in [-0.2, 0) is 14.3 Å². The summed E-state index contributed by atoms with van der Waals surface area (Å²) >= 11 is 0. The van der Waals surface area contributed by atoms with E-state index in [0.29, 0.717) is 26.2 Å². The first kappa shape index (κ1) is 14.7. The fourth-order valence-electron chi connectivity index (χ4n) is 1.88. The number of hydrogen-bond acceptors (Lipinski definition) is 3. The Balaban J connectivity index is 2.52. The van der Waals surface area contributed by atoms with E-state index in [2.05, 4.69) is 11.9 Å². The van der Waals surface area contributed by atoms with E-state index in [9.17, 15) is 9.59 Å². The van der Waals surface area contributed by atoms with Crippen molar-refractivity contribution in [1.29, 1.82) is 0 Å². The van der Waals surface area contributed by atoms with Gasteiger partial charge in [0.15, 0.2) is 0 Å². The van der Waals surface area contributed by atoms with Crippen LogP contribution in [0.4, 0.5) is 0 Å². The fourth-order valence-corrected chi connectivity index (χ4v) is 1.88. The SMILES string of the molecule is C=C(C)COCCN1C(=O)C(CC)NC(=O)C1C. The van der Waals surface area contributed by atoms with E-state index in [0.717, 1.165) is 5.57 Å². The summed E-state index contributed by atoms with van der Waals surface area (Å²) in [5.41, 5.74) is 0.942. The molecule has 1 rings (SSSR count). The van der Waals surface area contributed by atoms with E-state index in [-0.39, 0.29) is 11.8 Å². The Morgan fingerprint density at radius 3 is 2.72 bits per heavy atom. The van der Waals surface area contributed by atoms with Gasteiger partial charge >= 0.3 is 0 Å². The second-order valence-corrected chi connectivity index (χ2v) is 4.69. The molecule has 5 heteroatoms. The van der Waals surface area contributed by atoms with Crippen LogP contribution in [-0.4, -0.2) is 48.6 Å². The van der Waals surface area contributed by atoms with Crippen molar-refractivity contribution in [3.05, 3.63) is 12.2 Å². The Morgan fingerprint density at radius 1 is 1.50 bits per heavy atom. The molecule has 2 unspecified atom stereocenters. The average Bonchev–Trinajstić information content (AvgIpc) is 2.32. The third-order valence-corrected chi connectivity index (χ3v) is 2.98. The number of carbonyl (C=O) groups is 2. The third-order valence-electron chi connectivity index (χ3n) is 2.98. The molecule has 2 atom stereocenters. The summed E-state index contributed by atoms with van der Waals surface area (Å²) in [6.45, 7) is 10.6. The zero-order chi connectivity index (χ0) is 13.7. The number of piperazine rings is 1. The summed E-state index contributed by atoms with van der Waals surface area (Å²) in [4.78, 5) is 25.4. The summed E-state index contributed by atoms with van der Waals surface area (Å²) < 4.78 is 5.37. The lowest BCUT2D eigenvalue weighted by Crippen LogP contribution is -2.62. The summed E-state index contributed by atoms with van der Waals surface area (Å²) in [5.74, 6) is -0.120. The van der Waals surface area contributed by atoms with Crippen molar-refractivity contribution in [3.8, 4) is 0 Å². The molecular formula is C13H22N2O3. The van der Waals surface area contributed by atoms with Crippen molar-refractivity contribution in [2.24, 2.45) is 0 Å². The predicted octanol–water partition coefficient (Wildman–Crippen LogP) is 0.705. The average molecular weight is 254 g/mol. The molecule has 1 N–H and O–H groups in total. The second-order valence-electron chi connectivity index (χ2n) is 4.69. The first-order valence-corrected chi connectivity index (χ1v) is 6.30. The largest absolute Gasteiger partial charge is 0.375 e. The van der Waals surface area contributed by atoms with Crippen molar-refractivity contribution in [2.45, 2.75) is 39.3 Å². The Bertz CT molecular complexity index is 341. The summed E-state index contributed by atoms with van der Waals surface area (Å²) in [7, 11) is 0. The highest BCUT2D eigenvalue weighted by Gasteiger charge is 2.36. The van der Waals surface area contributed by atoms with Crippen LogP contribution in [0.1, 0.15) is 27.2 Å². The van der Waals surface area contributed by atoms with E-state index in [1.54, 1.807) is 11.8 Å². The standard InChI is InChI=1S/C13H22N2O3/c1-5-11-13(17)15(10(4)12(16)14-11)6-7-18-8-9(2)3/h10-11H,2,5-8H2,1,3-4H3,(H,14,16). The van der Waals surface area contributed by atoms with Gasteiger partial charge in [0.2, 0.25) is 11.8 Å². The van der Waals surface area contributed by atoms with Crippen LogP contribution in [0.3, 0.4) is 0 Å². The molecule has 1 fully saturated rings. The fraction of sp³-hybridized carbons (Fsp3) is 0.692. The van der Waals surface area contributed by atoms with E-state index < -0.39 is 12.1 Å². The minimum atomic E-state index is -0.422. The molecule has 18 heavy (non-hydrogen) atoms. The zero-order valence-electron chi connectivity index (χ0n) is 11.4. The molecule has 5 nitrogen and oxygen atoms in total. The number of rotatable bonds is 6. The van der Waals surface area contributed by atoms with Crippen LogP contribution in [0.25, 0.3) is 0 Å². The minimum Gasteiger partial charge on any atom is -0.375 e. The topological polar surface area (TPSA) is 58.6 Å². The van der Waals surface area contributed by atoms with Crippen molar-refractivity contribution in [2.75, 3.05) is 19.8 Å².